The number of carbonyl (C=O) groups excluding carboxylic acids is 1. The first kappa shape index (κ1) is 19.0. The summed E-state index contributed by atoms with van der Waals surface area (Å²) in [5, 5.41) is 12.2. The van der Waals surface area contributed by atoms with E-state index in [1.165, 1.54) is 39.8 Å². The van der Waals surface area contributed by atoms with E-state index < -0.39 is 0 Å². The number of benzene rings is 2. The van der Waals surface area contributed by atoms with Crippen molar-refractivity contribution in [2.45, 2.75) is 36.4 Å². The summed E-state index contributed by atoms with van der Waals surface area (Å²) in [7, 11) is 0. The fourth-order valence-corrected chi connectivity index (χ4v) is 5.21. The molecule has 28 heavy (non-hydrogen) atoms. The summed E-state index contributed by atoms with van der Waals surface area (Å²) in [6.45, 7) is 5.47. The van der Waals surface area contributed by atoms with Crippen LogP contribution in [0.1, 0.15) is 23.6 Å². The highest BCUT2D eigenvalue weighted by Crippen LogP contribution is 2.32. The number of carbonyl (C=O) groups is 1. The second-order valence-electron chi connectivity index (χ2n) is 6.90. The van der Waals surface area contributed by atoms with Crippen molar-refractivity contribution in [1.29, 1.82) is 0 Å². The van der Waals surface area contributed by atoms with Gasteiger partial charge in [-0.15, -0.1) is 10.2 Å². The predicted octanol–water partition coefficient (Wildman–Crippen LogP) is 4.66. The number of aryl methyl sites for hydroxylation is 1. The number of amides is 1. The monoisotopic (exact) mass is 410 g/mol. The molecule has 4 rings (SSSR count). The molecule has 0 unspecified atom stereocenters. The molecule has 1 aliphatic heterocycles. The topological polar surface area (TPSA) is 58.1 Å². The van der Waals surface area contributed by atoms with Gasteiger partial charge in [-0.3, -0.25) is 4.79 Å². The van der Waals surface area contributed by atoms with E-state index in [1.54, 1.807) is 0 Å². The number of nitrogens with one attached hydrogen (secondary N) is 1. The third-order valence-corrected chi connectivity index (χ3v) is 6.79. The molecule has 5 nitrogen and oxygen atoms in total. The van der Waals surface area contributed by atoms with E-state index in [4.69, 9.17) is 0 Å². The highest BCUT2D eigenvalue weighted by molar-refractivity contribution is 8.02. The molecule has 3 aromatic rings. The average molecular weight is 411 g/mol. The Kier molecular flexibility index (Phi) is 5.64. The summed E-state index contributed by atoms with van der Waals surface area (Å²) in [5.74, 6) is 0.155. The Hall–Kier alpha value is -2.38. The van der Waals surface area contributed by atoms with Gasteiger partial charge in [-0.05, 0) is 43.5 Å². The van der Waals surface area contributed by atoms with Gasteiger partial charge in [0.2, 0.25) is 11.0 Å². The minimum atomic E-state index is -0.189. The fourth-order valence-electron chi connectivity index (χ4n) is 3.21. The van der Waals surface area contributed by atoms with Crippen LogP contribution in [-0.2, 0) is 17.8 Å². The smallest absolute Gasteiger partial charge is 0.236 e. The number of hydrogen-bond donors (Lipinski definition) is 1. The summed E-state index contributed by atoms with van der Waals surface area (Å²) in [6.07, 6.45) is 0.919. The van der Waals surface area contributed by atoms with Gasteiger partial charge in [0.15, 0.2) is 4.34 Å². The Morgan fingerprint density at radius 2 is 1.89 bits per heavy atom. The molecule has 1 amide bonds. The van der Waals surface area contributed by atoms with E-state index in [0.717, 1.165) is 28.1 Å². The first-order valence-corrected chi connectivity index (χ1v) is 11.0. The van der Waals surface area contributed by atoms with Gasteiger partial charge in [0.1, 0.15) is 0 Å². The third-order valence-electron chi connectivity index (χ3n) is 4.78. The Morgan fingerprint density at radius 3 is 2.68 bits per heavy atom. The quantitative estimate of drug-likeness (QED) is 0.620. The molecular weight excluding hydrogens is 388 g/mol. The van der Waals surface area contributed by atoms with Gasteiger partial charge < -0.3 is 10.2 Å². The minimum absolute atomic E-state index is 0.155. The van der Waals surface area contributed by atoms with Gasteiger partial charge in [0.25, 0.3) is 0 Å². The molecule has 2 heterocycles. The lowest BCUT2D eigenvalue weighted by molar-refractivity contribution is -0.131. The van der Waals surface area contributed by atoms with Crippen molar-refractivity contribution in [3.63, 3.8) is 0 Å². The van der Waals surface area contributed by atoms with Crippen molar-refractivity contribution in [1.82, 2.24) is 15.1 Å². The van der Waals surface area contributed by atoms with Crippen molar-refractivity contribution in [3.05, 3.63) is 65.2 Å². The molecule has 0 radical (unpaired) electrons. The lowest BCUT2D eigenvalue weighted by Crippen LogP contribution is -2.40. The molecule has 0 saturated heterocycles. The van der Waals surface area contributed by atoms with Gasteiger partial charge in [-0.25, -0.2) is 0 Å². The standard InChI is InChI=1S/C21H22N4OS2/c1-14-7-9-18(10-8-14)22-20-23-24-21(28-20)27-15(2)19(26)25-12-11-16-5-3-4-6-17(16)13-25/h3-10,15H,11-13H2,1-2H3,(H,22,23)/t15-/m0/s1. The zero-order valence-corrected chi connectivity index (χ0v) is 17.5. The number of thioether (sulfide) groups is 1. The second-order valence-corrected chi connectivity index (χ2v) is 9.47. The van der Waals surface area contributed by atoms with Gasteiger partial charge in [-0.1, -0.05) is 65.1 Å². The van der Waals surface area contributed by atoms with Gasteiger partial charge in [0, 0.05) is 18.8 Å². The van der Waals surface area contributed by atoms with Crippen molar-refractivity contribution in [2.75, 3.05) is 11.9 Å². The van der Waals surface area contributed by atoms with E-state index in [1.807, 2.05) is 30.0 Å². The number of nitrogens with zero attached hydrogens (tertiary/aromatic N) is 3. The van der Waals surface area contributed by atoms with Crippen molar-refractivity contribution >= 4 is 39.8 Å². The van der Waals surface area contributed by atoms with Crippen LogP contribution in [0, 0.1) is 6.92 Å². The number of fused-ring (bicyclic) bond motifs is 1. The van der Waals surface area contributed by atoms with E-state index in [0.29, 0.717) is 6.54 Å². The molecule has 1 N–H and O–H groups in total. The zero-order chi connectivity index (χ0) is 19.5. The summed E-state index contributed by atoms with van der Waals surface area (Å²) >= 11 is 2.95. The molecule has 0 spiro atoms. The van der Waals surface area contributed by atoms with Gasteiger partial charge in [0.05, 0.1) is 5.25 Å². The van der Waals surface area contributed by atoms with Crippen molar-refractivity contribution in [3.8, 4) is 0 Å². The molecule has 0 saturated carbocycles. The Bertz CT molecular complexity index is 971. The molecular formula is C21H22N4OS2. The van der Waals surface area contributed by atoms with Crippen LogP contribution in [-0.4, -0.2) is 32.8 Å². The van der Waals surface area contributed by atoms with Gasteiger partial charge >= 0.3 is 0 Å². The molecule has 0 fully saturated rings. The highest BCUT2D eigenvalue weighted by Gasteiger charge is 2.26. The Labute approximate surface area is 173 Å². The third kappa shape index (κ3) is 4.36. The number of aromatic nitrogens is 2. The van der Waals surface area contributed by atoms with E-state index in [2.05, 4.69) is 52.8 Å². The number of anilines is 2. The Morgan fingerprint density at radius 1 is 1.14 bits per heavy atom. The minimum Gasteiger partial charge on any atom is -0.337 e. The molecule has 1 atom stereocenters. The molecule has 7 heteroatoms. The maximum atomic E-state index is 12.9. The maximum absolute atomic E-state index is 12.9. The molecule has 0 bridgehead atoms. The normalized spacial score (nSPS) is 14.4. The lowest BCUT2D eigenvalue weighted by atomic mass is 10.00. The number of rotatable bonds is 5. The molecule has 1 aliphatic rings. The predicted molar refractivity (Wildman–Crippen MR) is 115 cm³/mol. The molecule has 1 aromatic heterocycles. The fraction of sp³-hybridized carbons (Fsp3) is 0.286. The van der Waals surface area contributed by atoms with Crippen LogP contribution in [0.25, 0.3) is 0 Å². The van der Waals surface area contributed by atoms with Crippen LogP contribution >= 0.6 is 23.1 Å². The second kappa shape index (κ2) is 8.32. The average Bonchev–Trinajstić information content (AvgIpc) is 3.15. The maximum Gasteiger partial charge on any atom is 0.236 e. The lowest BCUT2D eigenvalue weighted by Gasteiger charge is -2.30. The molecule has 144 valence electrons. The summed E-state index contributed by atoms with van der Waals surface area (Å²) < 4.78 is 0.799. The first-order valence-electron chi connectivity index (χ1n) is 9.28. The van der Waals surface area contributed by atoms with Crippen LogP contribution in [0.5, 0.6) is 0 Å². The van der Waals surface area contributed by atoms with E-state index in [9.17, 15) is 4.79 Å². The van der Waals surface area contributed by atoms with Crippen LogP contribution < -0.4 is 5.32 Å². The zero-order valence-electron chi connectivity index (χ0n) is 15.9. The van der Waals surface area contributed by atoms with Crippen LogP contribution in [0.2, 0.25) is 0 Å². The van der Waals surface area contributed by atoms with Crippen LogP contribution in [0.4, 0.5) is 10.8 Å². The first-order chi connectivity index (χ1) is 13.6. The summed E-state index contributed by atoms with van der Waals surface area (Å²) in [6, 6.07) is 16.5. The summed E-state index contributed by atoms with van der Waals surface area (Å²) in [5.41, 5.74) is 4.80. The Balaban J connectivity index is 1.36. The number of hydrogen-bond acceptors (Lipinski definition) is 6. The van der Waals surface area contributed by atoms with Crippen LogP contribution in [0.3, 0.4) is 0 Å². The van der Waals surface area contributed by atoms with E-state index >= 15 is 0 Å². The van der Waals surface area contributed by atoms with Gasteiger partial charge in [-0.2, -0.15) is 0 Å². The van der Waals surface area contributed by atoms with Crippen molar-refractivity contribution < 1.29 is 4.79 Å². The molecule has 0 aliphatic carbocycles. The van der Waals surface area contributed by atoms with Crippen LogP contribution in [0.15, 0.2) is 52.9 Å². The van der Waals surface area contributed by atoms with Crippen molar-refractivity contribution in [2.24, 2.45) is 0 Å². The summed E-state index contributed by atoms with van der Waals surface area (Å²) in [4.78, 5) is 14.8. The highest BCUT2D eigenvalue weighted by atomic mass is 32.2. The SMILES string of the molecule is Cc1ccc(Nc2nnc(S[C@@H](C)C(=O)N3CCc4ccccc4C3)s2)cc1. The largest absolute Gasteiger partial charge is 0.337 e. The molecule has 2 aromatic carbocycles. The van der Waals surface area contributed by atoms with E-state index in [-0.39, 0.29) is 11.2 Å².